The maximum atomic E-state index is 11.9. The monoisotopic (exact) mass is 290 g/mol. The van der Waals surface area contributed by atoms with Crippen molar-refractivity contribution in [1.29, 1.82) is 0 Å². The van der Waals surface area contributed by atoms with Gasteiger partial charge in [-0.2, -0.15) is 13.2 Å². The average Bonchev–Trinajstić information content (AvgIpc) is 2.21. The Labute approximate surface area is 102 Å². The van der Waals surface area contributed by atoms with Crippen molar-refractivity contribution >= 4 is 13.6 Å². The molecule has 106 valence electrons. The number of hydrogen-bond donors (Lipinski definition) is 2. The number of halogens is 3. The molecule has 0 aromatic heterocycles. The Hall–Kier alpha value is -0.850. The van der Waals surface area contributed by atoms with E-state index in [1.54, 1.807) is 6.92 Å². The van der Waals surface area contributed by atoms with Crippen molar-refractivity contribution in [1.82, 2.24) is 0 Å². The number of carbonyl (C=O) groups is 1. The minimum Gasteiger partial charge on any atom is -0.481 e. The molecule has 0 aromatic rings. The SMILES string of the molecule is CC=C(C)CC(C(=O)O)P(=O)(O)OCC(F)(F)F. The largest absolute Gasteiger partial charge is 0.481 e. The third-order valence-electron chi connectivity index (χ3n) is 2.10. The van der Waals surface area contributed by atoms with Crippen LogP contribution in [-0.2, 0) is 13.9 Å². The first-order valence-corrected chi connectivity index (χ1v) is 6.52. The van der Waals surface area contributed by atoms with Crippen LogP contribution in [0, 0.1) is 0 Å². The second-order valence-corrected chi connectivity index (χ2v) is 5.66. The molecule has 9 heteroatoms. The Bertz CT molecular complexity index is 377. The van der Waals surface area contributed by atoms with Crippen molar-refractivity contribution in [2.24, 2.45) is 0 Å². The van der Waals surface area contributed by atoms with Crippen LogP contribution in [-0.4, -0.2) is 34.4 Å². The molecule has 2 atom stereocenters. The Morgan fingerprint density at radius 2 is 2.00 bits per heavy atom. The van der Waals surface area contributed by atoms with Gasteiger partial charge in [0.1, 0.15) is 0 Å². The summed E-state index contributed by atoms with van der Waals surface area (Å²) >= 11 is 0. The van der Waals surface area contributed by atoms with Crippen LogP contribution in [0.15, 0.2) is 11.6 Å². The standard InChI is InChI=1S/C9H14F3O5P/c1-3-6(2)4-7(8(13)14)18(15,16)17-5-9(10,11)12/h3,7H,4-5H2,1-2H3,(H,13,14)(H,15,16). The van der Waals surface area contributed by atoms with Crippen LogP contribution in [0.3, 0.4) is 0 Å². The van der Waals surface area contributed by atoms with Crippen molar-refractivity contribution in [2.45, 2.75) is 32.1 Å². The van der Waals surface area contributed by atoms with Gasteiger partial charge in [-0.1, -0.05) is 11.6 Å². The second-order valence-electron chi connectivity index (χ2n) is 3.65. The number of aliphatic carboxylic acids is 1. The highest BCUT2D eigenvalue weighted by Crippen LogP contribution is 2.50. The maximum Gasteiger partial charge on any atom is 0.412 e. The van der Waals surface area contributed by atoms with Gasteiger partial charge in [0, 0.05) is 0 Å². The van der Waals surface area contributed by atoms with Gasteiger partial charge < -0.3 is 10.00 Å². The highest BCUT2D eigenvalue weighted by Gasteiger charge is 2.42. The third kappa shape index (κ3) is 6.18. The summed E-state index contributed by atoms with van der Waals surface area (Å²) in [6, 6.07) is 0. The van der Waals surface area contributed by atoms with Crippen molar-refractivity contribution in [3.63, 3.8) is 0 Å². The smallest absolute Gasteiger partial charge is 0.412 e. The highest BCUT2D eigenvalue weighted by molar-refractivity contribution is 7.54. The molecule has 0 bridgehead atoms. The number of allylic oxidation sites excluding steroid dienone is 2. The molecular formula is C9H14F3O5P. The molecule has 0 heterocycles. The van der Waals surface area contributed by atoms with E-state index in [0.29, 0.717) is 5.57 Å². The molecule has 0 aromatic carbocycles. The highest BCUT2D eigenvalue weighted by atomic mass is 31.2. The van der Waals surface area contributed by atoms with E-state index in [4.69, 9.17) is 5.11 Å². The first kappa shape index (κ1) is 17.2. The second kappa shape index (κ2) is 6.36. The van der Waals surface area contributed by atoms with Gasteiger partial charge in [-0.3, -0.25) is 13.9 Å². The topological polar surface area (TPSA) is 83.8 Å². The Kier molecular flexibility index (Phi) is 6.06. The Balaban J connectivity index is 4.88. The zero-order valence-corrected chi connectivity index (χ0v) is 10.7. The predicted molar refractivity (Wildman–Crippen MR) is 57.3 cm³/mol. The lowest BCUT2D eigenvalue weighted by atomic mass is 10.1. The molecule has 2 unspecified atom stereocenters. The predicted octanol–water partition coefficient (Wildman–Crippen LogP) is 2.56. The molecule has 0 fully saturated rings. The lowest BCUT2D eigenvalue weighted by molar-refractivity contribution is -0.156. The quantitative estimate of drug-likeness (QED) is 0.580. The van der Waals surface area contributed by atoms with Gasteiger partial charge in [0.05, 0.1) is 0 Å². The van der Waals surface area contributed by atoms with Crippen LogP contribution in [0.5, 0.6) is 0 Å². The molecule has 0 amide bonds. The third-order valence-corrected chi connectivity index (χ3v) is 3.79. The summed E-state index contributed by atoms with van der Waals surface area (Å²) < 4.78 is 50.9. The van der Waals surface area contributed by atoms with E-state index < -0.39 is 32.0 Å². The molecular weight excluding hydrogens is 276 g/mol. The summed E-state index contributed by atoms with van der Waals surface area (Å²) in [5.41, 5.74) is -1.44. The summed E-state index contributed by atoms with van der Waals surface area (Å²) in [5.74, 6) is -1.68. The van der Waals surface area contributed by atoms with Gasteiger partial charge in [0.25, 0.3) is 0 Å². The first-order valence-electron chi connectivity index (χ1n) is 4.88. The normalized spacial score (nSPS) is 18.2. The number of carboxylic acid groups (broad SMARTS) is 1. The van der Waals surface area contributed by atoms with Crippen LogP contribution in [0.1, 0.15) is 20.3 Å². The van der Waals surface area contributed by atoms with E-state index in [2.05, 4.69) is 4.52 Å². The fraction of sp³-hybridized carbons (Fsp3) is 0.667. The number of carboxylic acids is 1. The summed E-state index contributed by atoms with van der Waals surface area (Å²) in [6.07, 6.45) is -3.64. The van der Waals surface area contributed by atoms with Crippen molar-refractivity contribution in [3.8, 4) is 0 Å². The van der Waals surface area contributed by atoms with E-state index in [1.165, 1.54) is 13.0 Å². The average molecular weight is 290 g/mol. The van der Waals surface area contributed by atoms with Gasteiger partial charge in [0.2, 0.25) is 0 Å². The first-order chi connectivity index (χ1) is 7.99. The van der Waals surface area contributed by atoms with Crippen molar-refractivity contribution < 1.29 is 37.1 Å². The van der Waals surface area contributed by atoms with Gasteiger partial charge in [-0.05, 0) is 20.3 Å². The molecule has 0 radical (unpaired) electrons. The van der Waals surface area contributed by atoms with Crippen molar-refractivity contribution in [2.75, 3.05) is 6.61 Å². The van der Waals surface area contributed by atoms with E-state index in [0.717, 1.165) is 0 Å². The summed E-state index contributed by atoms with van der Waals surface area (Å²) in [5, 5.41) is 8.76. The van der Waals surface area contributed by atoms with E-state index >= 15 is 0 Å². The molecule has 5 nitrogen and oxygen atoms in total. The molecule has 0 saturated carbocycles. The van der Waals surface area contributed by atoms with Crippen LogP contribution in [0.25, 0.3) is 0 Å². The molecule has 0 spiro atoms. The molecule has 0 rings (SSSR count). The number of alkyl halides is 3. The van der Waals surface area contributed by atoms with Gasteiger partial charge in [-0.25, -0.2) is 0 Å². The molecule has 0 aliphatic carbocycles. The molecule has 0 saturated heterocycles. The van der Waals surface area contributed by atoms with E-state index in [-0.39, 0.29) is 6.42 Å². The van der Waals surface area contributed by atoms with E-state index in [9.17, 15) is 27.4 Å². The van der Waals surface area contributed by atoms with Crippen molar-refractivity contribution in [3.05, 3.63) is 11.6 Å². The van der Waals surface area contributed by atoms with Crippen LogP contribution >= 0.6 is 7.60 Å². The maximum absolute atomic E-state index is 11.9. The Morgan fingerprint density at radius 1 is 1.50 bits per heavy atom. The number of rotatable bonds is 6. The minimum absolute atomic E-state index is 0.350. The van der Waals surface area contributed by atoms with Crippen LogP contribution in [0.2, 0.25) is 0 Å². The lowest BCUT2D eigenvalue weighted by Crippen LogP contribution is -2.25. The minimum atomic E-state index is -4.88. The van der Waals surface area contributed by atoms with Crippen LogP contribution in [0.4, 0.5) is 13.2 Å². The zero-order chi connectivity index (χ0) is 14.6. The van der Waals surface area contributed by atoms with Gasteiger partial charge >= 0.3 is 19.7 Å². The van der Waals surface area contributed by atoms with Gasteiger partial charge in [0.15, 0.2) is 12.3 Å². The molecule has 18 heavy (non-hydrogen) atoms. The number of hydrogen-bond acceptors (Lipinski definition) is 3. The Morgan fingerprint density at radius 3 is 2.33 bits per heavy atom. The zero-order valence-electron chi connectivity index (χ0n) is 9.77. The molecule has 0 aliphatic heterocycles. The lowest BCUT2D eigenvalue weighted by Gasteiger charge is -2.20. The van der Waals surface area contributed by atoms with Crippen LogP contribution < -0.4 is 0 Å². The summed E-state index contributed by atoms with van der Waals surface area (Å²) in [6.45, 7) is 1.12. The molecule has 0 aliphatic rings. The van der Waals surface area contributed by atoms with Gasteiger partial charge in [-0.15, -0.1) is 0 Å². The molecule has 2 N–H and O–H groups in total. The summed E-state index contributed by atoms with van der Waals surface area (Å²) in [7, 11) is -4.88. The fourth-order valence-corrected chi connectivity index (χ4v) is 2.33. The fourth-order valence-electron chi connectivity index (χ4n) is 1.02. The van der Waals surface area contributed by atoms with E-state index in [1.807, 2.05) is 0 Å². The summed E-state index contributed by atoms with van der Waals surface area (Å²) in [4.78, 5) is 20.1.